The molecule has 0 heterocycles. The molecular weight excluding hydrogens is 182 g/mol. The Labute approximate surface area is 93.4 Å². The maximum atomic E-state index is 6.66. The van der Waals surface area contributed by atoms with Crippen LogP contribution in [-0.4, -0.2) is 5.54 Å². The fourth-order valence-corrected chi connectivity index (χ4v) is 4.07. The van der Waals surface area contributed by atoms with Crippen LogP contribution in [-0.2, 0) is 0 Å². The van der Waals surface area contributed by atoms with E-state index >= 15 is 0 Å². The second-order valence-electron chi connectivity index (χ2n) is 5.27. The smallest absolute Gasteiger partial charge is 0.0356 e. The van der Waals surface area contributed by atoms with Gasteiger partial charge in [0.05, 0.1) is 0 Å². The van der Waals surface area contributed by atoms with Gasteiger partial charge in [0.1, 0.15) is 0 Å². The minimum atomic E-state index is 0.0319. The van der Waals surface area contributed by atoms with E-state index in [2.05, 4.69) is 45.6 Å². The van der Waals surface area contributed by atoms with Crippen molar-refractivity contribution in [1.29, 1.82) is 0 Å². The zero-order valence-electron chi connectivity index (χ0n) is 10.2. The lowest BCUT2D eigenvalue weighted by atomic mass is 9.90. The Balaban J connectivity index is 2.32. The summed E-state index contributed by atoms with van der Waals surface area (Å²) in [5.41, 5.74) is 6.97. The molecule has 1 nitrogen and oxygen atoms in total. The summed E-state index contributed by atoms with van der Waals surface area (Å²) in [6.45, 7) is 10.7. The van der Waals surface area contributed by atoms with Gasteiger partial charge in [-0.2, -0.15) is 0 Å². The standard InChI is InChI=1S/C14H23N/c1-5-10(4)12-13(7-3)9-8-11(6-2)14(12,13)15/h5,8-12H,1,6-7,15H2,2-4H3. The van der Waals surface area contributed by atoms with Crippen LogP contribution in [0.15, 0.2) is 24.8 Å². The molecular formula is C14H23N. The maximum absolute atomic E-state index is 6.66. The Hall–Kier alpha value is -0.560. The van der Waals surface area contributed by atoms with E-state index in [1.165, 1.54) is 6.42 Å². The van der Waals surface area contributed by atoms with E-state index in [-0.39, 0.29) is 11.0 Å². The summed E-state index contributed by atoms with van der Waals surface area (Å²) in [6, 6.07) is 0. The molecule has 0 radical (unpaired) electrons. The average Bonchev–Trinajstić information content (AvgIpc) is 2.66. The molecule has 0 saturated heterocycles. The van der Waals surface area contributed by atoms with Gasteiger partial charge in [-0.15, -0.1) is 6.58 Å². The van der Waals surface area contributed by atoms with Crippen molar-refractivity contribution < 1.29 is 0 Å². The first-order chi connectivity index (χ1) is 7.08. The zero-order valence-corrected chi connectivity index (χ0v) is 10.2. The molecule has 2 rings (SSSR count). The largest absolute Gasteiger partial charge is 0.324 e. The third kappa shape index (κ3) is 1.02. The SMILES string of the molecule is C=CC(C)C1C2(CC)C=CC(CC)C12N. The van der Waals surface area contributed by atoms with Crippen LogP contribution in [0.2, 0.25) is 0 Å². The monoisotopic (exact) mass is 205 g/mol. The third-order valence-corrected chi connectivity index (χ3v) is 4.95. The molecule has 2 aliphatic carbocycles. The van der Waals surface area contributed by atoms with Gasteiger partial charge in [-0.05, 0) is 30.6 Å². The Morgan fingerprint density at radius 2 is 2.20 bits per heavy atom. The number of rotatable bonds is 4. The molecule has 0 spiro atoms. The van der Waals surface area contributed by atoms with Crippen molar-refractivity contribution in [3.8, 4) is 0 Å². The van der Waals surface area contributed by atoms with Gasteiger partial charge in [-0.25, -0.2) is 0 Å². The molecule has 84 valence electrons. The first kappa shape index (κ1) is 10.9. The summed E-state index contributed by atoms with van der Waals surface area (Å²) in [5.74, 6) is 1.72. The van der Waals surface area contributed by atoms with Gasteiger partial charge in [0.25, 0.3) is 0 Å². The van der Waals surface area contributed by atoms with Gasteiger partial charge in [-0.3, -0.25) is 0 Å². The molecule has 1 heteroatoms. The number of nitrogens with two attached hydrogens (primary N) is 1. The molecule has 0 aromatic rings. The van der Waals surface area contributed by atoms with Crippen LogP contribution in [0.25, 0.3) is 0 Å². The molecule has 0 aromatic heterocycles. The van der Waals surface area contributed by atoms with Crippen LogP contribution in [0.5, 0.6) is 0 Å². The molecule has 15 heavy (non-hydrogen) atoms. The first-order valence-corrected chi connectivity index (χ1v) is 6.19. The van der Waals surface area contributed by atoms with Gasteiger partial charge in [0.15, 0.2) is 0 Å². The summed E-state index contributed by atoms with van der Waals surface area (Å²) >= 11 is 0. The van der Waals surface area contributed by atoms with Crippen LogP contribution in [0, 0.1) is 23.2 Å². The summed E-state index contributed by atoms with van der Waals surface area (Å²) in [7, 11) is 0. The molecule has 0 amide bonds. The summed E-state index contributed by atoms with van der Waals surface area (Å²) in [5, 5.41) is 0. The summed E-state index contributed by atoms with van der Waals surface area (Å²) in [4.78, 5) is 0. The zero-order chi connectivity index (χ0) is 11.3. The summed E-state index contributed by atoms with van der Waals surface area (Å²) in [6.07, 6.45) is 9.13. The van der Waals surface area contributed by atoms with Gasteiger partial charge in [0, 0.05) is 11.0 Å². The van der Waals surface area contributed by atoms with Crippen LogP contribution in [0.3, 0.4) is 0 Å². The van der Waals surface area contributed by atoms with E-state index in [0.29, 0.717) is 17.8 Å². The molecule has 5 atom stereocenters. The Morgan fingerprint density at radius 3 is 2.67 bits per heavy atom. The summed E-state index contributed by atoms with van der Waals surface area (Å²) < 4.78 is 0. The van der Waals surface area contributed by atoms with Crippen molar-refractivity contribution in [2.24, 2.45) is 28.9 Å². The van der Waals surface area contributed by atoms with E-state index in [1.807, 2.05) is 0 Å². The number of allylic oxidation sites excluding steroid dienone is 1. The minimum absolute atomic E-state index is 0.0319. The highest BCUT2D eigenvalue weighted by atomic mass is 15.0. The van der Waals surface area contributed by atoms with Crippen LogP contribution >= 0.6 is 0 Å². The molecule has 5 unspecified atom stereocenters. The second kappa shape index (κ2) is 3.21. The lowest BCUT2D eigenvalue weighted by Gasteiger charge is -2.20. The quantitative estimate of drug-likeness (QED) is 0.701. The van der Waals surface area contributed by atoms with Gasteiger partial charge < -0.3 is 5.73 Å². The van der Waals surface area contributed by atoms with E-state index in [1.54, 1.807) is 0 Å². The fourth-order valence-electron chi connectivity index (χ4n) is 4.07. The first-order valence-electron chi connectivity index (χ1n) is 6.19. The average molecular weight is 205 g/mol. The van der Waals surface area contributed by atoms with Gasteiger partial charge in [-0.1, -0.05) is 39.0 Å². The molecule has 1 saturated carbocycles. The molecule has 2 aliphatic rings. The van der Waals surface area contributed by atoms with Gasteiger partial charge >= 0.3 is 0 Å². The Kier molecular flexibility index (Phi) is 2.34. The highest BCUT2D eigenvalue weighted by Gasteiger charge is 2.76. The molecule has 0 aliphatic heterocycles. The molecule has 0 bridgehead atoms. The predicted octanol–water partition coefficient (Wildman–Crippen LogP) is 3.13. The minimum Gasteiger partial charge on any atom is -0.324 e. The van der Waals surface area contributed by atoms with Crippen LogP contribution < -0.4 is 5.73 Å². The highest BCUT2D eigenvalue weighted by molar-refractivity contribution is 5.43. The van der Waals surface area contributed by atoms with Gasteiger partial charge in [0.2, 0.25) is 0 Å². The van der Waals surface area contributed by atoms with Crippen molar-refractivity contribution in [2.75, 3.05) is 0 Å². The topological polar surface area (TPSA) is 26.0 Å². The van der Waals surface area contributed by atoms with Crippen molar-refractivity contribution >= 4 is 0 Å². The fraction of sp³-hybridized carbons (Fsp3) is 0.714. The molecule has 2 N–H and O–H groups in total. The normalized spacial score (nSPS) is 48.8. The van der Waals surface area contributed by atoms with Crippen molar-refractivity contribution in [3.05, 3.63) is 24.8 Å². The number of hydrogen-bond donors (Lipinski definition) is 1. The van der Waals surface area contributed by atoms with Crippen molar-refractivity contribution in [3.63, 3.8) is 0 Å². The number of fused-ring (bicyclic) bond motifs is 1. The second-order valence-corrected chi connectivity index (χ2v) is 5.27. The predicted molar refractivity (Wildman–Crippen MR) is 65.4 cm³/mol. The highest BCUT2D eigenvalue weighted by Crippen LogP contribution is 2.73. The lowest BCUT2D eigenvalue weighted by molar-refractivity contribution is 0.401. The van der Waals surface area contributed by atoms with E-state index in [4.69, 9.17) is 5.73 Å². The van der Waals surface area contributed by atoms with Crippen molar-refractivity contribution in [2.45, 2.75) is 39.2 Å². The van der Waals surface area contributed by atoms with Crippen LogP contribution in [0.1, 0.15) is 33.6 Å². The van der Waals surface area contributed by atoms with Crippen molar-refractivity contribution in [1.82, 2.24) is 0 Å². The number of hydrogen-bond acceptors (Lipinski definition) is 1. The molecule has 1 fully saturated rings. The molecule has 0 aromatic carbocycles. The van der Waals surface area contributed by atoms with E-state index in [0.717, 1.165) is 6.42 Å². The third-order valence-electron chi connectivity index (χ3n) is 4.95. The lowest BCUT2D eigenvalue weighted by Crippen LogP contribution is -2.36. The Morgan fingerprint density at radius 1 is 1.53 bits per heavy atom. The van der Waals surface area contributed by atoms with E-state index < -0.39 is 0 Å². The Bertz CT molecular complexity index is 306. The van der Waals surface area contributed by atoms with Crippen LogP contribution in [0.4, 0.5) is 0 Å². The maximum Gasteiger partial charge on any atom is 0.0356 e. The van der Waals surface area contributed by atoms with E-state index in [9.17, 15) is 0 Å².